The topological polar surface area (TPSA) is 82.0 Å². The highest BCUT2D eigenvalue weighted by Crippen LogP contribution is 2.25. The predicted octanol–water partition coefficient (Wildman–Crippen LogP) is 0.344. The number of aliphatic hydroxyl groups excluding tert-OH is 2. The zero-order chi connectivity index (χ0) is 16.7. The van der Waals surface area contributed by atoms with Gasteiger partial charge in [0.25, 0.3) is 0 Å². The maximum Gasteiger partial charge on any atom is 0.220 e. The third kappa shape index (κ3) is 5.49. The second-order valence-corrected chi connectivity index (χ2v) is 5.92. The van der Waals surface area contributed by atoms with E-state index in [1.165, 1.54) is 0 Å². The number of rotatable bonds is 8. The van der Waals surface area contributed by atoms with E-state index in [2.05, 4.69) is 10.2 Å². The summed E-state index contributed by atoms with van der Waals surface area (Å²) in [6.45, 7) is 2.54. The summed E-state index contributed by atoms with van der Waals surface area (Å²) in [5.74, 6) is 0.792. The molecular formula is C17H26N2O4. The van der Waals surface area contributed by atoms with Gasteiger partial charge in [0.15, 0.2) is 0 Å². The minimum absolute atomic E-state index is 0.00959. The molecule has 1 aliphatic rings. The first-order valence-corrected chi connectivity index (χ1v) is 8.07. The summed E-state index contributed by atoms with van der Waals surface area (Å²) >= 11 is 0. The quantitative estimate of drug-likeness (QED) is 0.643. The monoisotopic (exact) mass is 322 g/mol. The van der Waals surface area contributed by atoms with Crippen molar-refractivity contribution >= 4 is 5.91 Å². The van der Waals surface area contributed by atoms with Crippen LogP contribution in [-0.2, 0) is 4.79 Å². The Hall–Kier alpha value is -1.63. The molecule has 1 aromatic rings. The van der Waals surface area contributed by atoms with Gasteiger partial charge >= 0.3 is 0 Å². The van der Waals surface area contributed by atoms with Gasteiger partial charge in [-0.1, -0.05) is 12.1 Å². The van der Waals surface area contributed by atoms with E-state index in [1.807, 2.05) is 24.3 Å². The number of carbonyl (C=O) groups excluding carboxylic acids is 1. The highest BCUT2D eigenvalue weighted by molar-refractivity contribution is 5.76. The molecule has 1 amide bonds. The van der Waals surface area contributed by atoms with Crippen LogP contribution < -0.4 is 10.1 Å². The van der Waals surface area contributed by atoms with Crippen LogP contribution in [0.5, 0.6) is 5.75 Å². The molecule has 1 heterocycles. The van der Waals surface area contributed by atoms with E-state index in [9.17, 15) is 9.90 Å². The summed E-state index contributed by atoms with van der Waals surface area (Å²) in [5.41, 5.74) is 1.08. The Labute approximate surface area is 137 Å². The Morgan fingerprint density at radius 2 is 2.17 bits per heavy atom. The molecule has 23 heavy (non-hydrogen) atoms. The molecular weight excluding hydrogens is 296 g/mol. The van der Waals surface area contributed by atoms with Gasteiger partial charge in [-0.05, 0) is 24.1 Å². The van der Waals surface area contributed by atoms with Crippen molar-refractivity contribution in [3.05, 3.63) is 29.8 Å². The molecule has 1 fully saturated rings. The van der Waals surface area contributed by atoms with E-state index >= 15 is 0 Å². The van der Waals surface area contributed by atoms with Crippen molar-refractivity contribution in [1.82, 2.24) is 10.2 Å². The summed E-state index contributed by atoms with van der Waals surface area (Å²) in [4.78, 5) is 14.0. The van der Waals surface area contributed by atoms with Gasteiger partial charge in [0.1, 0.15) is 12.4 Å². The molecule has 0 unspecified atom stereocenters. The number of hydrogen-bond donors (Lipinski definition) is 3. The Bertz CT molecular complexity index is 492. The number of β-amino-alcohol motifs (C(OH)–C–C–N with tert-alkyl or cyclic N) is 1. The van der Waals surface area contributed by atoms with Gasteiger partial charge < -0.3 is 25.2 Å². The van der Waals surface area contributed by atoms with Crippen LogP contribution in [0.15, 0.2) is 24.3 Å². The number of nitrogens with one attached hydrogen (secondary N) is 1. The average molecular weight is 322 g/mol. The second-order valence-electron chi connectivity index (χ2n) is 5.92. The number of carbonyl (C=O) groups is 1. The first kappa shape index (κ1) is 17.7. The van der Waals surface area contributed by atoms with Gasteiger partial charge in [0.05, 0.1) is 12.7 Å². The molecule has 0 aliphatic carbocycles. The maximum absolute atomic E-state index is 11.8. The van der Waals surface area contributed by atoms with Crippen molar-refractivity contribution in [2.75, 3.05) is 39.9 Å². The minimum Gasteiger partial charge on any atom is -0.491 e. The van der Waals surface area contributed by atoms with Crippen molar-refractivity contribution in [2.24, 2.45) is 0 Å². The summed E-state index contributed by atoms with van der Waals surface area (Å²) in [5, 5.41) is 21.1. The van der Waals surface area contributed by atoms with Crippen molar-refractivity contribution in [1.29, 1.82) is 0 Å². The number of likely N-dealkylation sites (tertiary alicyclic amines) is 1. The lowest BCUT2D eigenvalue weighted by Crippen LogP contribution is -2.30. The van der Waals surface area contributed by atoms with E-state index < -0.39 is 0 Å². The molecule has 2 atom stereocenters. The third-order valence-corrected chi connectivity index (χ3v) is 4.15. The van der Waals surface area contributed by atoms with Crippen molar-refractivity contribution in [3.63, 3.8) is 0 Å². The SMILES string of the molecule is CNC(=O)C[C@H](CN1CC[C@H](O)C1)c1ccc(OCCO)cc1. The maximum atomic E-state index is 11.8. The van der Waals surface area contributed by atoms with Crippen molar-refractivity contribution < 1.29 is 19.7 Å². The molecule has 6 nitrogen and oxygen atoms in total. The summed E-state index contributed by atoms with van der Waals surface area (Å²) in [7, 11) is 1.64. The summed E-state index contributed by atoms with van der Waals surface area (Å²) in [6, 6.07) is 7.65. The van der Waals surface area contributed by atoms with E-state index in [0.29, 0.717) is 18.7 Å². The fraction of sp³-hybridized carbons (Fsp3) is 0.588. The third-order valence-electron chi connectivity index (χ3n) is 4.15. The molecule has 3 N–H and O–H groups in total. The van der Waals surface area contributed by atoms with Crippen LogP contribution in [0.1, 0.15) is 24.3 Å². The number of benzene rings is 1. The van der Waals surface area contributed by atoms with Gasteiger partial charge in [0.2, 0.25) is 5.91 Å². The lowest BCUT2D eigenvalue weighted by Gasteiger charge is -2.23. The van der Waals surface area contributed by atoms with Crippen LogP contribution in [0.4, 0.5) is 0 Å². The molecule has 0 aromatic heterocycles. The van der Waals surface area contributed by atoms with E-state index in [0.717, 1.165) is 25.1 Å². The number of nitrogens with zero attached hydrogens (tertiary/aromatic N) is 1. The van der Waals surface area contributed by atoms with Gasteiger partial charge in [-0.2, -0.15) is 0 Å². The van der Waals surface area contributed by atoms with Crippen molar-refractivity contribution in [2.45, 2.75) is 24.9 Å². The van der Waals surface area contributed by atoms with E-state index in [-0.39, 0.29) is 31.1 Å². The van der Waals surface area contributed by atoms with Gasteiger partial charge in [-0.25, -0.2) is 0 Å². The molecule has 0 saturated carbocycles. The Morgan fingerprint density at radius 1 is 1.43 bits per heavy atom. The number of ether oxygens (including phenoxy) is 1. The van der Waals surface area contributed by atoms with E-state index in [1.54, 1.807) is 7.05 Å². The molecule has 6 heteroatoms. The first-order valence-electron chi connectivity index (χ1n) is 8.07. The molecule has 0 spiro atoms. The molecule has 1 saturated heterocycles. The zero-order valence-electron chi connectivity index (χ0n) is 13.6. The largest absolute Gasteiger partial charge is 0.491 e. The van der Waals surface area contributed by atoms with Crippen LogP contribution in [0.25, 0.3) is 0 Å². The van der Waals surface area contributed by atoms with Crippen LogP contribution in [0.3, 0.4) is 0 Å². The fourth-order valence-corrected chi connectivity index (χ4v) is 2.90. The Kier molecular flexibility index (Phi) is 6.83. The Balaban J connectivity index is 2.04. The van der Waals surface area contributed by atoms with Gasteiger partial charge in [0, 0.05) is 39.0 Å². The minimum atomic E-state index is -0.259. The lowest BCUT2D eigenvalue weighted by molar-refractivity contribution is -0.121. The Morgan fingerprint density at radius 3 is 2.74 bits per heavy atom. The van der Waals surface area contributed by atoms with Gasteiger partial charge in [-0.15, -0.1) is 0 Å². The molecule has 0 radical (unpaired) electrons. The zero-order valence-corrected chi connectivity index (χ0v) is 13.6. The summed E-state index contributed by atoms with van der Waals surface area (Å²) < 4.78 is 5.37. The molecule has 128 valence electrons. The van der Waals surface area contributed by atoms with Crippen LogP contribution >= 0.6 is 0 Å². The summed E-state index contributed by atoms with van der Waals surface area (Å²) in [6.07, 6.45) is 0.950. The molecule has 2 rings (SSSR count). The van der Waals surface area contributed by atoms with Crippen molar-refractivity contribution in [3.8, 4) is 5.75 Å². The van der Waals surface area contributed by atoms with Crippen LogP contribution in [0.2, 0.25) is 0 Å². The second kappa shape index (κ2) is 8.86. The number of aliphatic hydroxyl groups is 2. The van der Waals surface area contributed by atoms with E-state index in [4.69, 9.17) is 9.84 Å². The first-order chi connectivity index (χ1) is 11.1. The highest BCUT2D eigenvalue weighted by atomic mass is 16.5. The number of hydrogen-bond acceptors (Lipinski definition) is 5. The normalized spacial score (nSPS) is 19.5. The standard InChI is InChI=1S/C17H26N2O4/c1-18-17(22)10-14(11-19-7-6-15(21)12-19)13-2-4-16(5-3-13)23-9-8-20/h2-5,14-15,20-21H,6-12H2,1H3,(H,18,22)/t14-,15+/m1/s1. The smallest absolute Gasteiger partial charge is 0.220 e. The van der Waals surface area contributed by atoms with Crippen LogP contribution in [-0.4, -0.2) is 67.0 Å². The van der Waals surface area contributed by atoms with Crippen LogP contribution in [0, 0.1) is 0 Å². The average Bonchev–Trinajstić information content (AvgIpc) is 2.97. The molecule has 1 aromatic carbocycles. The highest BCUT2D eigenvalue weighted by Gasteiger charge is 2.25. The molecule has 1 aliphatic heterocycles. The lowest BCUT2D eigenvalue weighted by atomic mass is 9.94. The van der Waals surface area contributed by atoms with Gasteiger partial charge in [-0.3, -0.25) is 4.79 Å². The number of amides is 1. The molecule has 0 bridgehead atoms. The fourth-order valence-electron chi connectivity index (χ4n) is 2.90. The predicted molar refractivity (Wildman–Crippen MR) is 87.5 cm³/mol.